The summed E-state index contributed by atoms with van der Waals surface area (Å²) in [6, 6.07) is 6.80. The van der Waals surface area contributed by atoms with Crippen molar-refractivity contribution >= 4 is 33.0 Å². The van der Waals surface area contributed by atoms with Crippen LogP contribution in [0, 0.1) is 11.7 Å². The first-order valence-corrected chi connectivity index (χ1v) is 10.3. The van der Waals surface area contributed by atoms with Gasteiger partial charge < -0.3 is 5.32 Å². The normalized spacial score (nSPS) is 18.9. The second-order valence-corrected chi connectivity index (χ2v) is 9.07. The van der Waals surface area contributed by atoms with Gasteiger partial charge in [-0.2, -0.15) is 4.31 Å². The van der Waals surface area contributed by atoms with E-state index >= 15 is 0 Å². The number of carbonyl (C=O) groups is 1. The van der Waals surface area contributed by atoms with Crippen molar-refractivity contribution in [3.05, 3.63) is 46.4 Å². The van der Waals surface area contributed by atoms with Crippen molar-refractivity contribution < 1.29 is 17.6 Å². The SMILES string of the molecule is C[C@H]1CCCN(S(=O)(=O)c2csc(C(=O)Nc3ccc(F)cc3)c2)C1. The lowest BCUT2D eigenvalue weighted by molar-refractivity contribution is 0.103. The number of nitrogens with zero attached hydrogens (tertiary/aromatic N) is 1. The van der Waals surface area contributed by atoms with E-state index < -0.39 is 21.7 Å². The third kappa shape index (κ3) is 4.08. The molecule has 1 aromatic heterocycles. The van der Waals surface area contributed by atoms with Crippen molar-refractivity contribution in [1.82, 2.24) is 4.31 Å². The maximum absolute atomic E-state index is 12.9. The summed E-state index contributed by atoms with van der Waals surface area (Å²) < 4.78 is 39.8. The fourth-order valence-electron chi connectivity index (χ4n) is 2.81. The van der Waals surface area contributed by atoms with Gasteiger partial charge in [-0.25, -0.2) is 12.8 Å². The second-order valence-electron chi connectivity index (χ2n) is 6.22. The average Bonchev–Trinajstić information content (AvgIpc) is 3.08. The summed E-state index contributed by atoms with van der Waals surface area (Å²) in [7, 11) is -3.57. The summed E-state index contributed by atoms with van der Waals surface area (Å²) in [5.41, 5.74) is 0.453. The van der Waals surface area contributed by atoms with Gasteiger partial charge in [0.25, 0.3) is 5.91 Å². The molecule has 1 saturated heterocycles. The van der Waals surface area contributed by atoms with Crippen molar-refractivity contribution in [2.24, 2.45) is 5.92 Å². The zero-order valence-electron chi connectivity index (χ0n) is 13.7. The van der Waals surface area contributed by atoms with Gasteiger partial charge in [0.1, 0.15) is 5.82 Å². The highest BCUT2D eigenvalue weighted by Gasteiger charge is 2.30. The monoisotopic (exact) mass is 382 g/mol. The van der Waals surface area contributed by atoms with E-state index in [-0.39, 0.29) is 4.90 Å². The van der Waals surface area contributed by atoms with Crippen LogP contribution in [0.1, 0.15) is 29.4 Å². The summed E-state index contributed by atoms with van der Waals surface area (Å²) in [5, 5.41) is 4.13. The van der Waals surface area contributed by atoms with Crippen molar-refractivity contribution in [3.63, 3.8) is 0 Å². The molecule has 1 fully saturated rings. The predicted molar refractivity (Wildman–Crippen MR) is 95.8 cm³/mol. The Hall–Kier alpha value is -1.77. The van der Waals surface area contributed by atoms with Crippen molar-refractivity contribution in [3.8, 4) is 0 Å². The maximum atomic E-state index is 12.9. The van der Waals surface area contributed by atoms with E-state index in [1.807, 2.05) is 6.92 Å². The van der Waals surface area contributed by atoms with Crippen molar-refractivity contribution in [1.29, 1.82) is 0 Å². The van der Waals surface area contributed by atoms with Gasteiger partial charge in [-0.1, -0.05) is 6.92 Å². The molecule has 134 valence electrons. The smallest absolute Gasteiger partial charge is 0.265 e. The number of hydrogen-bond acceptors (Lipinski definition) is 4. The summed E-state index contributed by atoms with van der Waals surface area (Å²) in [6.45, 7) is 3.06. The summed E-state index contributed by atoms with van der Waals surface area (Å²) in [6.07, 6.45) is 1.88. The number of carbonyl (C=O) groups excluding carboxylic acids is 1. The minimum absolute atomic E-state index is 0.149. The van der Waals surface area contributed by atoms with Gasteiger partial charge in [0, 0.05) is 24.2 Å². The summed E-state index contributed by atoms with van der Waals surface area (Å²) in [5.74, 6) is -0.466. The van der Waals surface area contributed by atoms with Crippen LogP contribution >= 0.6 is 11.3 Å². The molecule has 0 bridgehead atoms. The first-order chi connectivity index (χ1) is 11.9. The first kappa shape index (κ1) is 18.0. The molecule has 0 aliphatic carbocycles. The van der Waals surface area contributed by atoms with Crippen LogP contribution in [-0.4, -0.2) is 31.7 Å². The average molecular weight is 382 g/mol. The van der Waals surface area contributed by atoms with Crippen LogP contribution in [0.25, 0.3) is 0 Å². The van der Waals surface area contributed by atoms with Gasteiger partial charge in [0.15, 0.2) is 0 Å². The minimum atomic E-state index is -3.57. The van der Waals surface area contributed by atoms with E-state index in [1.165, 1.54) is 40.0 Å². The molecule has 0 spiro atoms. The molecular weight excluding hydrogens is 363 g/mol. The van der Waals surface area contributed by atoms with Crippen molar-refractivity contribution in [2.45, 2.75) is 24.7 Å². The number of amides is 1. The topological polar surface area (TPSA) is 66.5 Å². The highest BCUT2D eigenvalue weighted by Crippen LogP contribution is 2.27. The van der Waals surface area contributed by atoms with E-state index in [9.17, 15) is 17.6 Å². The van der Waals surface area contributed by atoms with Crippen LogP contribution in [0.3, 0.4) is 0 Å². The zero-order chi connectivity index (χ0) is 18.0. The minimum Gasteiger partial charge on any atom is -0.321 e. The molecule has 0 unspecified atom stereocenters. The summed E-state index contributed by atoms with van der Waals surface area (Å²) >= 11 is 1.08. The van der Waals surface area contributed by atoms with Crippen LogP contribution in [-0.2, 0) is 10.0 Å². The number of nitrogens with one attached hydrogen (secondary N) is 1. The van der Waals surface area contributed by atoms with Gasteiger partial charge in [0.2, 0.25) is 10.0 Å². The maximum Gasteiger partial charge on any atom is 0.265 e. The third-order valence-corrected chi connectivity index (χ3v) is 7.08. The molecule has 1 aliphatic heterocycles. The molecule has 2 aromatic rings. The zero-order valence-corrected chi connectivity index (χ0v) is 15.4. The number of thiophene rings is 1. The highest BCUT2D eigenvalue weighted by atomic mass is 32.2. The Labute approximate surface area is 150 Å². The molecular formula is C17H19FN2O3S2. The molecule has 1 N–H and O–H groups in total. The lowest BCUT2D eigenvalue weighted by Crippen LogP contribution is -2.38. The number of benzene rings is 1. The second kappa shape index (κ2) is 7.23. The highest BCUT2D eigenvalue weighted by molar-refractivity contribution is 7.89. The quantitative estimate of drug-likeness (QED) is 0.879. The van der Waals surface area contributed by atoms with Crippen LogP contribution in [0.2, 0.25) is 0 Å². The van der Waals surface area contributed by atoms with Gasteiger partial charge in [-0.05, 0) is 49.1 Å². The Morgan fingerprint density at radius 3 is 2.72 bits per heavy atom. The van der Waals surface area contributed by atoms with Gasteiger partial charge in [-0.3, -0.25) is 4.79 Å². The Bertz CT molecular complexity index is 862. The molecule has 25 heavy (non-hydrogen) atoms. The van der Waals surface area contributed by atoms with Crippen LogP contribution in [0.15, 0.2) is 40.6 Å². The number of rotatable bonds is 4. The molecule has 1 amide bonds. The van der Waals surface area contributed by atoms with E-state index in [0.29, 0.717) is 29.6 Å². The molecule has 5 nitrogen and oxygen atoms in total. The molecule has 2 heterocycles. The van der Waals surface area contributed by atoms with Gasteiger partial charge >= 0.3 is 0 Å². The standard InChI is InChI=1S/C17H19FN2O3S2/c1-12-3-2-8-20(10-12)25(22,23)15-9-16(24-11-15)17(21)19-14-6-4-13(18)5-7-14/h4-7,9,11-12H,2-3,8,10H2,1H3,(H,19,21)/t12-/m0/s1. The molecule has 3 rings (SSSR count). The van der Waals surface area contributed by atoms with E-state index in [4.69, 9.17) is 0 Å². The number of hydrogen-bond donors (Lipinski definition) is 1. The van der Waals surface area contributed by atoms with Gasteiger partial charge in [0.05, 0.1) is 9.77 Å². The lowest BCUT2D eigenvalue weighted by atomic mass is 10.0. The van der Waals surface area contributed by atoms with E-state index in [0.717, 1.165) is 24.2 Å². The summed E-state index contributed by atoms with van der Waals surface area (Å²) in [4.78, 5) is 12.7. The Morgan fingerprint density at radius 2 is 2.04 bits per heavy atom. The van der Waals surface area contributed by atoms with Crippen LogP contribution in [0.5, 0.6) is 0 Å². The van der Waals surface area contributed by atoms with Crippen molar-refractivity contribution in [2.75, 3.05) is 18.4 Å². The molecule has 1 atom stereocenters. The fraction of sp³-hybridized carbons (Fsp3) is 0.353. The fourth-order valence-corrected chi connectivity index (χ4v) is 5.57. The van der Waals surface area contributed by atoms with Gasteiger partial charge in [-0.15, -0.1) is 11.3 Å². The third-order valence-electron chi connectivity index (χ3n) is 4.16. The molecule has 1 aliphatic rings. The Kier molecular flexibility index (Phi) is 5.21. The number of piperidine rings is 1. The largest absolute Gasteiger partial charge is 0.321 e. The molecule has 0 radical (unpaired) electrons. The molecule has 8 heteroatoms. The molecule has 1 aromatic carbocycles. The number of sulfonamides is 1. The Balaban J connectivity index is 1.75. The predicted octanol–water partition coefficient (Wildman–Crippen LogP) is 3.56. The number of halogens is 1. The van der Waals surface area contributed by atoms with E-state index in [2.05, 4.69) is 5.32 Å². The van der Waals surface area contributed by atoms with Crippen LogP contribution in [0.4, 0.5) is 10.1 Å². The van der Waals surface area contributed by atoms with E-state index in [1.54, 1.807) is 0 Å². The lowest BCUT2D eigenvalue weighted by Gasteiger charge is -2.29. The molecule has 0 saturated carbocycles. The first-order valence-electron chi connectivity index (χ1n) is 8.02. The Morgan fingerprint density at radius 1 is 1.32 bits per heavy atom. The van der Waals surface area contributed by atoms with Crippen LogP contribution < -0.4 is 5.32 Å². The number of anilines is 1.